The molecular formula is C14H19BrFNO2. The van der Waals surface area contributed by atoms with Gasteiger partial charge in [-0.3, -0.25) is 0 Å². The minimum absolute atomic E-state index is 0.329. The number of alkyl halides is 1. The van der Waals surface area contributed by atoms with Crippen molar-refractivity contribution in [3.05, 3.63) is 35.6 Å². The summed E-state index contributed by atoms with van der Waals surface area (Å²) in [5, 5.41) is 3.36. The Morgan fingerprint density at radius 2 is 2.05 bits per heavy atom. The second-order valence-electron chi connectivity index (χ2n) is 5.20. The summed E-state index contributed by atoms with van der Waals surface area (Å²) < 4.78 is 18.9. The molecular weight excluding hydrogens is 313 g/mol. The van der Waals surface area contributed by atoms with E-state index < -0.39 is 17.7 Å². The third-order valence-electron chi connectivity index (χ3n) is 2.37. The van der Waals surface area contributed by atoms with Crippen molar-refractivity contribution < 1.29 is 13.9 Å². The van der Waals surface area contributed by atoms with Gasteiger partial charge in [0.15, 0.2) is 0 Å². The molecule has 106 valence electrons. The second kappa shape index (κ2) is 6.89. The van der Waals surface area contributed by atoms with Crippen LogP contribution in [0.15, 0.2) is 24.3 Å². The lowest BCUT2D eigenvalue weighted by Gasteiger charge is -2.23. The molecule has 1 N–H and O–H groups in total. The van der Waals surface area contributed by atoms with Crippen molar-refractivity contribution in [2.24, 2.45) is 0 Å². The van der Waals surface area contributed by atoms with Gasteiger partial charge in [0.25, 0.3) is 0 Å². The zero-order chi connectivity index (χ0) is 14.5. The average Bonchev–Trinajstić information content (AvgIpc) is 2.26. The van der Waals surface area contributed by atoms with Crippen LogP contribution in [-0.2, 0) is 4.74 Å². The van der Waals surface area contributed by atoms with E-state index in [1.807, 2.05) is 0 Å². The fourth-order valence-corrected chi connectivity index (χ4v) is 2.08. The van der Waals surface area contributed by atoms with Crippen LogP contribution in [0.4, 0.5) is 9.18 Å². The molecule has 0 unspecified atom stereocenters. The van der Waals surface area contributed by atoms with E-state index in [9.17, 15) is 9.18 Å². The zero-order valence-electron chi connectivity index (χ0n) is 11.4. The van der Waals surface area contributed by atoms with E-state index in [0.717, 1.165) is 0 Å². The molecule has 5 heteroatoms. The van der Waals surface area contributed by atoms with Gasteiger partial charge in [0.05, 0.1) is 6.04 Å². The molecule has 0 bridgehead atoms. The van der Waals surface area contributed by atoms with Crippen molar-refractivity contribution in [2.45, 2.75) is 38.8 Å². The lowest BCUT2D eigenvalue weighted by Crippen LogP contribution is -2.35. The lowest BCUT2D eigenvalue weighted by atomic mass is 10.0. The summed E-state index contributed by atoms with van der Waals surface area (Å²) in [4.78, 5) is 11.8. The van der Waals surface area contributed by atoms with Crippen LogP contribution in [-0.4, -0.2) is 17.0 Å². The highest BCUT2D eigenvalue weighted by Gasteiger charge is 2.21. The standard InChI is InChI=1S/C14H19BrFNO2/c1-14(2,3)19-13(18)17-12(8-9-15)10-6-4-5-7-11(10)16/h4-7,12H,8-9H2,1-3H3,(H,17,18)/t12-/m1/s1. The predicted molar refractivity (Wildman–Crippen MR) is 76.9 cm³/mol. The number of benzene rings is 1. The van der Waals surface area contributed by atoms with E-state index in [4.69, 9.17) is 4.74 Å². The molecule has 0 saturated carbocycles. The number of hydrogen-bond acceptors (Lipinski definition) is 2. The highest BCUT2D eigenvalue weighted by atomic mass is 79.9. The molecule has 1 aromatic rings. The molecule has 1 aromatic carbocycles. The number of hydrogen-bond donors (Lipinski definition) is 1. The first-order valence-corrected chi connectivity index (χ1v) is 7.25. The van der Waals surface area contributed by atoms with Crippen LogP contribution in [0.5, 0.6) is 0 Å². The maximum Gasteiger partial charge on any atom is 0.408 e. The van der Waals surface area contributed by atoms with Gasteiger partial charge in [0, 0.05) is 10.9 Å². The fraction of sp³-hybridized carbons (Fsp3) is 0.500. The van der Waals surface area contributed by atoms with E-state index in [-0.39, 0.29) is 5.82 Å². The first-order valence-electron chi connectivity index (χ1n) is 6.13. The van der Waals surface area contributed by atoms with E-state index >= 15 is 0 Å². The average molecular weight is 332 g/mol. The highest BCUT2D eigenvalue weighted by Crippen LogP contribution is 2.21. The Morgan fingerprint density at radius 3 is 2.58 bits per heavy atom. The van der Waals surface area contributed by atoms with Gasteiger partial charge in [-0.15, -0.1) is 0 Å². The van der Waals surface area contributed by atoms with Crippen molar-refractivity contribution in [1.29, 1.82) is 0 Å². The topological polar surface area (TPSA) is 38.3 Å². The Labute approximate surface area is 121 Å². The van der Waals surface area contributed by atoms with Crippen molar-refractivity contribution >= 4 is 22.0 Å². The summed E-state index contributed by atoms with van der Waals surface area (Å²) >= 11 is 3.31. The maximum absolute atomic E-state index is 13.7. The summed E-state index contributed by atoms with van der Waals surface area (Å²) in [6.45, 7) is 5.36. The Kier molecular flexibility index (Phi) is 5.79. The smallest absolute Gasteiger partial charge is 0.408 e. The second-order valence-corrected chi connectivity index (χ2v) is 5.99. The third kappa shape index (κ3) is 5.59. The van der Waals surface area contributed by atoms with Gasteiger partial charge in [-0.25, -0.2) is 9.18 Å². The Bertz CT molecular complexity index is 432. The van der Waals surface area contributed by atoms with Gasteiger partial charge in [-0.05, 0) is 33.3 Å². The molecule has 19 heavy (non-hydrogen) atoms. The number of amides is 1. The van der Waals surface area contributed by atoms with E-state index in [0.29, 0.717) is 17.3 Å². The van der Waals surface area contributed by atoms with Crippen LogP contribution in [0.3, 0.4) is 0 Å². The predicted octanol–water partition coefficient (Wildman–Crippen LogP) is 4.18. The number of carbonyl (C=O) groups is 1. The quantitative estimate of drug-likeness (QED) is 0.840. The minimum atomic E-state index is -0.571. The largest absolute Gasteiger partial charge is 0.444 e. The fourth-order valence-electron chi connectivity index (χ4n) is 1.62. The van der Waals surface area contributed by atoms with Crippen molar-refractivity contribution in [1.82, 2.24) is 5.32 Å². The van der Waals surface area contributed by atoms with Gasteiger partial charge in [-0.2, -0.15) is 0 Å². The maximum atomic E-state index is 13.7. The number of nitrogens with one attached hydrogen (secondary N) is 1. The first-order chi connectivity index (χ1) is 8.83. The molecule has 0 heterocycles. The van der Waals surface area contributed by atoms with Crippen LogP contribution < -0.4 is 5.32 Å². The first kappa shape index (κ1) is 16.0. The summed E-state index contributed by atoms with van der Waals surface area (Å²) in [6, 6.07) is 6.01. The highest BCUT2D eigenvalue weighted by molar-refractivity contribution is 9.09. The molecule has 1 atom stereocenters. The molecule has 1 amide bonds. The van der Waals surface area contributed by atoms with Crippen LogP contribution in [0.2, 0.25) is 0 Å². The Balaban J connectivity index is 2.79. The molecule has 0 radical (unpaired) electrons. The number of rotatable bonds is 4. The van der Waals surface area contributed by atoms with Gasteiger partial charge >= 0.3 is 6.09 Å². The van der Waals surface area contributed by atoms with E-state index in [2.05, 4.69) is 21.2 Å². The molecule has 1 rings (SSSR count). The Morgan fingerprint density at radius 1 is 1.42 bits per heavy atom. The normalized spacial score (nSPS) is 12.9. The van der Waals surface area contributed by atoms with Crippen LogP contribution in [0.1, 0.15) is 38.8 Å². The molecule has 0 fully saturated rings. The zero-order valence-corrected chi connectivity index (χ0v) is 13.0. The van der Waals surface area contributed by atoms with Crippen molar-refractivity contribution in [2.75, 3.05) is 5.33 Å². The minimum Gasteiger partial charge on any atom is -0.444 e. The van der Waals surface area contributed by atoms with E-state index in [1.54, 1.807) is 39.0 Å². The summed E-state index contributed by atoms with van der Waals surface area (Å²) in [7, 11) is 0. The summed E-state index contributed by atoms with van der Waals surface area (Å²) in [5.41, 5.74) is -0.106. The monoisotopic (exact) mass is 331 g/mol. The molecule has 0 aliphatic heterocycles. The SMILES string of the molecule is CC(C)(C)OC(=O)N[C@H](CCBr)c1ccccc1F. The number of ether oxygens (including phenoxy) is 1. The molecule has 0 aliphatic rings. The van der Waals surface area contributed by atoms with E-state index in [1.165, 1.54) is 6.07 Å². The van der Waals surface area contributed by atoms with Crippen LogP contribution >= 0.6 is 15.9 Å². The van der Waals surface area contributed by atoms with Crippen LogP contribution in [0, 0.1) is 5.82 Å². The Hall–Kier alpha value is -1.10. The molecule has 3 nitrogen and oxygen atoms in total. The number of carbonyl (C=O) groups excluding carboxylic acids is 1. The number of alkyl carbamates (subject to hydrolysis) is 1. The molecule has 0 saturated heterocycles. The van der Waals surface area contributed by atoms with Crippen molar-refractivity contribution in [3.63, 3.8) is 0 Å². The lowest BCUT2D eigenvalue weighted by molar-refractivity contribution is 0.0502. The number of halogens is 2. The van der Waals surface area contributed by atoms with Gasteiger partial charge in [0.2, 0.25) is 0 Å². The van der Waals surface area contributed by atoms with Gasteiger partial charge < -0.3 is 10.1 Å². The van der Waals surface area contributed by atoms with Crippen LogP contribution in [0.25, 0.3) is 0 Å². The van der Waals surface area contributed by atoms with Crippen molar-refractivity contribution in [3.8, 4) is 0 Å². The molecule has 0 spiro atoms. The summed E-state index contributed by atoms with van der Waals surface area (Å²) in [6.07, 6.45) is 0.0434. The van der Waals surface area contributed by atoms with Gasteiger partial charge in [-0.1, -0.05) is 34.1 Å². The van der Waals surface area contributed by atoms with Gasteiger partial charge in [0.1, 0.15) is 11.4 Å². The molecule has 0 aromatic heterocycles. The third-order valence-corrected chi connectivity index (χ3v) is 2.83. The molecule has 0 aliphatic carbocycles. The summed E-state index contributed by atoms with van der Waals surface area (Å²) in [5.74, 6) is -0.329.